The minimum Gasteiger partial charge on any atom is -0.395 e. The molecule has 0 rings (SSSR count). The summed E-state index contributed by atoms with van der Waals surface area (Å²) >= 11 is 0. The highest BCUT2D eigenvalue weighted by molar-refractivity contribution is 4.59. The first kappa shape index (κ1) is 15.8. The van der Waals surface area contributed by atoms with Gasteiger partial charge in [-0.15, -0.1) is 0 Å². The van der Waals surface area contributed by atoms with E-state index in [-0.39, 0.29) is 13.2 Å². The number of hydrogen-bond acceptors (Lipinski definition) is 5. The molecule has 0 heterocycles. The van der Waals surface area contributed by atoms with Crippen LogP contribution in [0.4, 0.5) is 0 Å². The molecule has 0 saturated carbocycles. The van der Waals surface area contributed by atoms with E-state index in [0.717, 1.165) is 32.6 Å². The Labute approximate surface area is 98.6 Å². The molecule has 5 nitrogen and oxygen atoms in total. The van der Waals surface area contributed by atoms with Gasteiger partial charge in [-0.3, -0.25) is 4.90 Å². The quantitative estimate of drug-likeness (QED) is 0.492. The fourth-order valence-electron chi connectivity index (χ4n) is 1.54. The predicted molar refractivity (Wildman–Crippen MR) is 64.6 cm³/mol. The summed E-state index contributed by atoms with van der Waals surface area (Å²) in [4.78, 5) is 4.30. The van der Waals surface area contributed by atoms with E-state index < -0.39 is 0 Å². The third kappa shape index (κ3) is 9.06. The Hall–Kier alpha value is -0.200. The van der Waals surface area contributed by atoms with Gasteiger partial charge in [-0.1, -0.05) is 0 Å². The number of rotatable bonds is 11. The third-order valence-electron chi connectivity index (χ3n) is 2.52. The zero-order valence-corrected chi connectivity index (χ0v) is 10.6. The summed E-state index contributed by atoms with van der Waals surface area (Å²) in [5.74, 6) is 0. The van der Waals surface area contributed by atoms with E-state index in [1.54, 1.807) is 7.11 Å². The number of methoxy groups -OCH3 is 1. The van der Waals surface area contributed by atoms with E-state index in [2.05, 4.69) is 9.80 Å². The highest BCUT2D eigenvalue weighted by Gasteiger charge is 2.04. The lowest BCUT2D eigenvalue weighted by molar-refractivity contribution is 0.126. The number of ether oxygens (including phenoxy) is 1. The van der Waals surface area contributed by atoms with E-state index >= 15 is 0 Å². The molecule has 0 aromatic heterocycles. The van der Waals surface area contributed by atoms with Crippen molar-refractivity contribution in [3.8, 4) is 0 Å². The maximum Gasteiger partial charge on any atom is 0.0589 e. The van der Waals surface area contributed by atoms with Gasteiger partial charge in [-0.25, -0.2) is 0 Å². The van der Waals surface area contributed by atoms with Crippen LogP contribution in [0.25, 0.3) is 0 Å². The van der Waals surface area contributed by atoms with Crippen molar-refractivity contribution in [1.29, 1.82) is 0 Å². The van der Waals surface area contributed by atoms with Gasteiger partial charge < -0.3 is 19.8 Å². The van der Waals surface area contributed by atoms with Crippen LogP contribution in [0.5, 0.6) is 0 Å². The van der Waals surface area contributed by atoms with Crippen molar-refractivity contribution in [2.24, 2.45) is 0 Å². The molecule has 0 amide bonds. The second kappa shape index (κ2) is 11.3. The summed E-state index contributed by atoms with van der Waals surface area (Å²) in [6.45, 7) is 5.31. The Morgan fingerprint density at radius 3 is 2.19 bits per heavy atom. The number of aliphatic hydroxyl groups is 2. The maximum atomic E-state index is 8.90. The second-order valence-electron chi connectivity index (χ2n) is 3.94. The fourth-order valence-corrected chi connectivity index (χ4v) is 1.54. The van der Waals surface area contributed by atoms with Crippen LogP contribution in [0.1, 0.15) is 6.42 Å². The van der Waals surface area contributed by atoms with Crippen LogP contribution in [-0.2, 0) is 4.74 Å². The molecule has 0 bridgehead atoms. The van der Waals surface area contributed by atoms with Crippen LogP contribution in [0, 0.1) is 0 Å². The standard InChI is InChI=1S/C11H26N2O3/c1-12(6-9-14)4-3-5-13(7-10-15)8-11-16-2/h14-15H,3-11H2,1-2H3. The van der Waals surface area contributed by atoms with Gasteiger partial charge in [0.15, 0.2) is 0 Å². The van der Waals surface area contributed by atoms with E-state index in [0.29, 0.717) is 13.2 Å². The van der Waals surface area contributed by atoms with Gasteiger partial charge in [0.2, 0.25) is 0 Å². The molecular weight excluding hydrogens is 208 g/mol. The minimum atomic E-state index is 0.191. The van der Waals surface area contributed by atoms with Gasteiger partial charge >= 0.3 is 0 Å². The lowest BCUT2D eigenvalue weighted by Gasteiger charge is -2.22. The average molecular weight is 234 g/mol. The van der Waals surface area contributed by atoms with E-state index in [9.17, 15) is 0 Å². The van der Waals surface area contributed by atoms with Crippen molar-refractivity contribution in [3.05, 3.63) is 0 Å². The topological polar surface area (TPSA) is 56.2 Å². The first-order chi connectivity index (χ1) is 7.74. The molecule has 0 aliphatic rings. The Balaban J connectivity index is 3.57. The van der Waals surface area contributed by atoms with Crippen molar-refractivity contribution in [3.63, 3.8) is 0 Å². The van der Waals surface area contributed by atoms with Crippen LogP contribution in [0.2, 0.25) is 0 Å². The van der Waals surface area contributed by atoms with Crippen LogP contribution >= 0.6 is 0 Å². The molecule has 0 saturated heterocycles. The maximum absolute atomic E-state index is 8.90. The van der Waals surface area contributed by atoms with E-state index in [1.165, 1.54) is 0 Å². The predicted octanol–water partition coefficient (Wildman–Crippen LogP) is -0.759. The van der Waals surface area contributed by atoms with Gasteiger partial charge in [0.25, 0.3) is 0 Å². The zero-order chi connectivity index (χ0) is 12.2. The largest absolute Gasteiger partial charge is 0.395 e. The molecule has 0 aliphatic heterocycles. The smallest absolute Gasteiger partial charge is 0.0589 e. The summed E-state index contributed by atoms with van der Waals surface area (Å²) in [5.41, 5.74) is 0. The van der Waals surface area contributed by atoms with Gasteiger partial charge in [0.1, 0.15) is 0 Å². The number of aliphatic hydroxyl groups excluding tert-OH is 2. The molecule has 0 aromatic carbocycles. The fraction of sp³-hybridized carbons (Fsp3) is 1.00. The minimum absolute atomic E-state index is 0.191. The van der Waals surface area contributed by atoms with E-state index in [1.807, 2.05) is 7.05 Å². The van der Waals surface area contributed by atoms with Gasteiger partial charge in [-0.2, -0.15) is 0 Å². The number of likely N-dealkylation sites (N-methyl/N-ethyl adjacent to an activating group) is 1. The van der Waals surface area contributed by atoms with Crippen molar-refractivity contribution >= 4 is 0 Å². The third-order valence-corrected chi connectivity index (χ3v) is 2.52. The molecule has 16 heavy (non-hydrogen) atoms. The average Bonchev–Trinajstić information content (AvgIpc) is 2.26. The Morgan fingerprint density at radius 2 is 1.62 bits per heavy atom. The SMILES string of the molecule is COCCN(CCO)CCCN(C)CCO. The molecule has 0 aromatic rings. The van der Waals surface area contributed by atoms with Crippen LogP contribution in [0.3, 0.4) is 0 Å². The van der Waals surface area contributed by atoms with Gasteiger partial charge in [-0.05, 0) is 26.6 Å². The second-order valence-corrected chi connectivity index (χ2v) is 3.94. The van der Waals surface area contributed by atoms with Gasteiger partial charge in [0, 0.05) is 26.7 Å². The highest BCUT2D eigenvalue weighted by Crippen LogP contribution is 1.94. The Kier molecular flexibility index (Phi) is 11.1. The first-order valence-electron chi connectivity index (χ1n) is 5.86. The molecule has 0 atom stereocenters. The number of nitrogens with zero attached hydrogens (tertiary/aromatic N) is 2. The van der Waals surface area contributed by atoms with Gasteiger partial charge in [0.05, 0.1) is 19.8 Å². The lowest BCUT2D eigenvalue weighted by atomic mass is 10.3. The lowest BCUT2D eigenvalue weighted by Crippen LogP contribution is -2.33. The summed E-state index contributed by atoms with van der Waals surface area (Å²) < 4.78 is 5.02. The Morgan fingerprint density at radius 1 is 0.938 bits per heavy atom. The van der Waals surface area contributed by atoms with Crippen LogP contribution in [0.15, 0.2) is 0 Å². The summed E-state index contributed by atoms with van der Waals surface area (Å²) in [7, 11) is 3.69. The summed E-state index contributed by atoms with van der Waals surface area (Å²) in [6, 6.07) is 0. The molecule has 2 N–H and O–H groups in total. The molecule has 0 unspecified atom stereocenters. The monoisotopic (exact) mass is 234 g/mol. The summed E-state index contributed by atoms with van der Waals surface area (Å²) in [6.07, 6.45) is 1.04. The van der Waals surface area contributed by atoms with Crippen molar-refractivity contribution in [2.75, 3.05) is 66.7 Å². The zero-order valence-electron chi connectivity index (χ0n) is 10.6. The van der Waals surface area contributed by atoms with Crippen LogP contribution in [-0.4, -0.2) is 86.7 Å². The molecule has 0 aliphatic carbocycles. The normalized spacial score (nSPS) is 11.6. The van der Waals surface area contributed by atoms with Crippen LogP contribution < -0.4 is 0 Å². The molecule has 98 valence electrons. The molecular formula is C11H26N2O3. The molecule has 5 heteroatoms. The van der Waals surface area contributed by atoms with Crippen molar-refractivity contribution in [1.82, 2.24) is 9.80 Å². The first-order valence-corrected chi connectivity index (χ1v) is 5.86. The molecule has 0 radical (unpaired) electrons. The molecule has 0 spiro atoms. The van der Waals surface area contributed by atoms with Crippen molar-refractivity contribution < 1.29 is 14.9 Å². The highest BCUT2D eigenvalue weighted by atomic mass is 16.5. The Bertz CT molecular complexity index is 147. The van der Waals surface area contributed by atoms with E-state index in [4.69, 9.17) is 14.9 Å². The summed E-state index contributed by atoms with van der Waals surface area (Å²) in [5, 5.41) is 17.6. The number of hydrogen-bond donors (Lipinski definition) is 2. The van der Waals surface area contributed by atoms with Crippen molar-refractivity contribution in [2.45, 2.75) is 6.42 Å². The molecule has 0 fully saturated rings.